The molecule has 4 aliphatic heterocycles. The molecule has 3 atom stereocenters. The Balaban J connectivity index is 0.762. The van der Waals surface area contributed by atoms with Gasteiger partial charge in [0.25, 0.3) is 5.88 Å². The summed E-state index contributed by atoms with van der Waals surface area (Å²) < 4.78 is 29.0. The molecule has 310 valence electrons. The van der Waals surface area contributed by atoms with Crippen molar-refractivity contribution >= 4 is 23.2 Å². The highest BCUT2D eigenvalue weighted by atomic mass is 16.5. The van der Waals surface area contributed by atoms with Gasteiger partial charge >= 0.3 is 5.97 Å². The van der Waals surface area contributed by atoms with Crippen molar-refractivity contribution in [2.75, 3.05) is 62.0 Å². The van der Waals surface area contributed by atoms with Crippen LogP contribution in [0.4, 0.5) is 17.2 Å². The first-order valence-electron chi connectivity index (χ1n) is 20.8. The van der Waals surface area contributed by atoms with Crippen molar-refractivity contribution in [1.82, 2.24) is 25.2 Å². The van der Waals surface area contributed by atoms with Gasteiger partial charge in [-0.3, -0.25) is 4.79 Å². The van der Waals surface area contributed by atoms with Crippen LogP contribution in [-0.4, -0.2) is 113 Å². The molecule has 0 spiro atoms. The van der Waals surface area contributed by atoms with Crippen molar-refractivity contribution in [3.63, 3.8) is 0 Å². The largest absolute Gasteiger partial charge is 0.507 e. The zero-order valence-corrected chi connectivity index (χ0v) is 33.7. The number of nitrogen functional groups attached to an aromatic ring is 1. The Hall–Kier alpha value is -5.15. The number of methoxy groups -OCH3 is 1. The average Bonchev–Trinajstić information content (AvgIpc) is 3.44. The fourth-order valence-corrected chi connectivity index (χ4v) is 8.96. The van der Waals surface area contributed by atoms with Gasteiger partial charge in [0.1, 0.15) is 17.8 Å². The summed E-state index contributed by atoms with van der Waals surface area (Å²) in [6, 6.07) is 15.6. The van der Waals surface area contributed by atoms with Crippen LogP contribution in [0.1, 0.15) is 76.9 Å². The summed E-state index contributed by atoms with van der Waals surface area (Å²) in [5.74, 6) is 1.28. The summed E-state index contributed by atoms with van der Waals surface area (Å²) in [6.07, 6.45) is 10.4. The fraction of sp³-hybridized carbons (Fsp3) is 0.558. The number of esters is 1. The number of aromatic nitrogens is 4. The third-order valence-corrected chi connectivity index (χ3v) is 12.2. The number of rotatable bonds is 15. The number of piperidine rings is 1. The van der Waals surface area contributed by atoms with Crippen LogP contribution in [0.25, 0.3) is 11.3 Å². The molecular weight excluding hydrogens is 741 g/mol. The standard InChI is InChI=1S/C43H56N8O7/c1-27(2)41(43(53)54-3)38-24-40(48-58-38)55-19-7-16-49-17-13-31(14-18-49)56-32-21-33(22-32)57-39-20-28(12-15-45-39)50-25-30-9-6-8-29(50)26-51(30)36-23-35(46-47-42(36)44)34-10-4-5-11-37(34)52/h4-5,10-12,15,20,23-24,27,29-33,41,52H,6-9,13-14,16-19,21-22,25-26H2,1-3H3,(H2,44,47). The summed E-state index contributed by atoms with van der Waals surface area (Å²) in [4.78, 5) is 24.1. The Morgan fingerprint density at radius 2 is 1.72 bits per heavy atom. The van der Waals surface area contributed by atoms with E-state index in [9.17, 15) is 9.90 Å². The molecule has 15 nitrogen and oxygen atoms in total. The van der Waals surface area contributed by atoms with Crippen LogP contribution >= 0.6 is 0 Å². The second-order valence-electron chi connectivity index (χ2n) is 16.4. The normalized spacial score (nSPS) is 23.0. The van der Waals surface area contributed by atoms with Gasteiger partial charge in [-0.15, -0.1) is 10.2 Å². The van der Waals surface area contributed by atoms with Gasteiger partial charge in [0.2, 0.25) is 5.88 Å². The maximum atomic E-state index is 12.2. The third kappa shape index (κ3) is 8.95. The predicted molar refractivity (Wildman–Crippen MR) is 218 cm³/mol. The van der Waals surface area contributed by atoms with E-state index < -0.39 is 5.92 Å². The highest BCUT2D eigenvalue weighted by molar-refractivity contribution is 5.77. The van der Waals surface area contributed by atoms with Crippen LogP contribution in [0.15, 0.2) is 59.3 Å². The Labute approximate surface area is 339 Å². The van der Waals surface area contributed by atoms with Crippen LogP contribution in [0.3, 0.4) is 0 Å². The number of hydrogen-bond donors (Lipinski definition) is 2. The summed E-state index contributed by atoms with van der Waals surface area (Å²) in [6.45, 7) is 9.03. The lowest BCUT2D eigenvalue weighted by Gasteiger charge is -2.46. The van der Waals surface area contributed by atoms with E-state index in [1.807, 2.05) is 38.2 Å². The topological polar surface area (TPSA) is 175 Å². The molecule has 5 aliphatic rings. The molecular formula is C43H56N8O7. The van der Waals surface area contributed by atoms with Crippen LogP contribution in [0, 0.1) is 5.92 Å². The number of phenols is 1. The van der Waals surface area contributed by atoms with E-state index in [1.165, 1.54) is 7.11 Å². The molecule has 5 fully saturated rings. The minimum Gasteiger partial charge on any atom is -0.507 e. The number of nitrogens with zero attached hydrogens (tertiary/aromatic N) is 7. The molecule has 15 heteroatoms. The van der Waals surface area contributed by atoms with Gasteiger partial charge in [-0.1, -0.05) is 26.0 Å². The zero-order chi connectivity index (χ0) is 40.2. The van der Waals surface area contributed by atoms with Crippen molar-refractivity contribution in [3.05, 3.63) is 60.5 Å². The molecule has 3 N–H and O–H groups in total. The van der Waals surface area contributed by atoms with E-state index in [0.717, 1.165) is 95.5 Å². The van der Waals surface area contributed by atoms with E-state index >= 15 is 0 Å². The Kier molecular flexibility index (Phi) is 12.2. The number of aromatic hydroxyl groups is 1. The molecule has 2 bridgehead atoms. The molecule has 0 radical (unpaired) electrons. The van der Waals surface area contributed by atoms with Gasteiger partial charge < -0.3 is 49.0 Å². The summed E-state index contributed by atoms with van der Waals surface area (Å²) in [7, 11) is 1.38. The molecule has 7 heterocycles. The fourth-order valence-electron chi connectivity index (χ4n) is 8.96. The number of pyridine rings is 1. The van der Waals surface area contributed by atoms with Gasteiger partial charge in [0, 0.05) is 87.2 Å². The predicted octanol–water partition coefficient (Wildman–Crippen LogP) is 5.83. The van der Waals surface area contributed by atoms with E-state index in [0.29, 0.717) is 47.2 Å². The van der Waals surface area contributed by atoms with Gasteiger partial charge in [0.05, 0.1) is 37.3 Å². The number of benzene rings is 1. The second-order valence-corrected chi connectivity index (χ2v) is 16.4. The second kappa shape index (κ2) is 17.8. The van der Waals surface area contributed by atoms with Gasteiger partial charge in [-0.25, -0.2) is 4.98 Å². The molecule has 3 aromatic heterocycles. The minimum absolute atomic E-state index is 0.0211. The van der Waals surface area contributed by atoms with E-state index in [1.54, 1.807) is 18.2 Å². The number of piperazine rings is 1. The van der Waals surface area contributed by atoms with Crippen LogP contribution in [-0.2, 0) is 14.3 Å². The van der Waals surface area contributed by atoms with Crippen molar-refractivity contribution in [2.45, 2.75) is 102 Å². The number of carbonyl (C=O) groups excluding carboxylic acids is 1. The lowest BCUT2D eigenvalue weighted by Crippen LogP contribution is -2.57. The van der Waals surface area contributed by atoms with E-state index in [2.05, 4.69) is 47.2 Å². The highest BCUT2D eigenvalue weighted by Crippen LogP contribution is 2.39. The number of para-hydroxylation sites is 1. The van der Waals surface area contributed by atoms with Crippen LogP contribution in [0.5, 0.6) is 17.5 Å². The number of anilines is 3. The Morgan fingerprint density at radius 1 is 0.948 bits per heavy atom. The number of nitrogens with two attached hydrogens (primary N) is 1. The molecule has 9 rings (SSSR count). The number of carbonyl (C=O) groups is 1. The molecule has 0 amide bonds. The molecule has 1 aliphatic carbocycles. The van der Waals surface area contributed by atoms with Gasteiger partial charge in [-0.05, 0) is 73.9 Å². The Bertz CT molecular complexity index is 2000. The molecule has 4 saturated heterocycles. The third-order valence-electron chi connectivity index (χ3n) is 12.2. The molecule has 3 unspecified atom stereocenters. The van der Waals surface area contributed by atoms with Crippen molar-refractivity contribution in [3.8, 4) is 28.8 Å². The first kappa shape index (κ1) is 39.7. The number of likely N-dealkylation sites (tertiary alicyclic amines) is 1. The van der Waals surface area contributed by atoms with Crippen molar-refractivity contribution in [1.29, 1.82) is 0 Å². The number of hydrogen-bond acceptors (Lipinski definition) is 15. The lowest BCUT2D eigenvalue weighted by molar-refractivity contribution is -0.144. The molecule has 1 aromatic carbocycles. The average molecular weight is 797 g/mol. The van der Waals surface area contributed by atoms with Gasteiger partial charge in [0.15, 0.2) is 11.6 Å². The first-order valence-corrected chi connectivity index (χ1v) is 20.8. The Morgan fingerprint density at radius 3 is 2.50 bits per heavy atom. The van der Waals surface area contributed by atoms with E-state index in [4.69, 9.17) is 29.2 Å². The first-order chi connectivity index (χ1) is 28.2. The smallest absolute Gasteiger partial charge is 0.316 e. The van der Waals surface area contributed by atoms with Crippen LogP contribution < -0.4 is 25.0 Å². The minimum atomic E-state index is -0.502. The zero-order valence-electron chi connectivity index (χ0n) is 33.7. The van der Waals surface area contributed by atoms with E-state index in [-0.39, 0.29) is 42.0 Å². The maximum Gasteiger partial charge on any atom is 0.316 e. The monoisotopic (exact) mass is 796 g/mol. The SMILES string of the molecule is COC(=O)C(c1cc(OCCCN2CCC(OC3CC(Oc4cc(N5CC6CCCC5CN6c5cc(-c6ccccc6O)nnc5N)ccn4)C3)CC2)no1)C(C)C. The lowest BCUT2D eigenvalue weighted by atomic mass is 9.91. The molecule has 58 heavy (non-hydrogen) atoms. The number of ether oxygens (including phenoxy) is 4. The van der Waals surface area contributed by atoms with Crippen LogP contribution in [0.2, 0.25) is 0 Å². The number of fused-ring (bicyclic) bond motifs is 4. The number of phenolic OH excluding ortho intramolecular Hbond substituents is 1. The van der Waals surface area contributed by atoms with Gasteiger partial charge in [-0.2, -0.15) is 0 Å². The maximum absolute atomic E-state index is 12.2. The van der Waals surface area contributed by atoms with Crippen molar-refractivity contribution < 1.29 is 33.4 Å². The van der Waals surface area contributed by atoms with Crippen molar-refractivity contribution in [2.24, 2.45) is 5.92 Å². The summed E-state index contributed by atoms with van der Waals surface area (Å²) >= 11 is 0. The quantitative estimate of drug-likeness (QED) is 0.108. The highest BCUT2D eigenvalue weighted by Gasteiger charge is 2.39. The molecule has 4 aromatic rings. The summed E-state index contributed by atoms with van der Waals surface area (Å²) in [5, 5.41) is 23.1. The summed E-state index contributed by atoms with van der Waals surface area (Å²) in [5.41, 5.74) is 9.68. The molecule has 1 saturated carbocycles.